The summed E-state index contributed by atoms with van der Waals surface area (Å²) < 4.78 is 0. The first-order chi connectivity index (χ1) is 10.3. The van der Waals surface area contributed by atoms with E-state index >= 15 is 0 Å². The van der Waals surface area contributed by atoms with Crippen LogP contribution in [0.2, 0.25) is 0 Å². The van der Waals surface area contributed by atoms with E-state index in [1.165, 1.54) is 23.1 Å². The zero-order chi connectivity index (χ0) is 14.7. The average Bonchev–Trinajstić information content (AvgIpc) is 2.55. The van der Waals surface area contributed by atoms with E-state index in [9.17, 15) is 0 Å². The summed E-state index contributed by atoms with van der Waals surface area (Å²) in [6.45, 7) is 6.67. The van der Waals surface area contributed by atoms with Crippen molar-refractivity contribution in [3.8, 4) is 0 Å². The number of aryl methyl sites for hydroxylation is 2. The molecule has 1 heteroatoms. The summed E-state index contributed by atoms with van der Waals surface area (Å²) in [5.74, 6) is 1.23. The van der Waals surface area contributed by atoms with Gasteiger partial charge in [0.1, 0.15) is 0 Å². The van der Waals surface area contributed by atoms with Crippen molar-refractivity contribution in [3.05, 3.63) is 70.8 Å². The maximum absolute atomic E-state index is 3.59. The molecule has 110 valence electrons. The number of rotatable bonds is 3. The summed E-state index contributed by atoms with van der Waals surface area (Å²) in [4.78, 5) is 0. The molecule has 0 bridgehead atoms. The normalized spacial score (nSPS) is 22.2. The maximum atomic E-state index is 3.59. The Morgan fingerprint density at radius 1 is 1.05 bits per heavy atom. The van der Waals surface area contributed by atoms with Gasteiger partial charge in [-0.15, -0.1) is 0 Å². The quantitative estimate of drug-likeness (QED) is 0.877. The highest BCUT2D eigenvalue weighted by Gasteiger charge is 2.28. The molecule has 0 saturated carbocycles. The molecular formula is C20H25N. The lowest BCUT2D eigenvalue weighted by Crippen LogP contribution is -2.34. The molecular weight excluding hydrogens is 254 g/mol. The maximum Gasteiger partial charge on any atom is 0.00328 e. The van der Waals surface area contributed by atoms with Crippen LogP contribution >= 0.6 is 0 Å². The second kappa shape index (κ2) is 6.44. The molecule has 0 aromatic heterocycles. The molecule has 2 aromatic carbocycles. The number of nitrogens with one attached hydrogen (secondary N) is 1. The Morgan fingerprint density at radius 3 is 2.71 bits per heavy atom. The fourth-order valence-electron chi connectivity index (χ4n) is 3.70. The van der Waals surface area contributed by atoms with Crippen LogP contribution in [0.5, 0.6) is 0 Å². The SMILES string of the molecule is CCc1ccccc1C1CCNCC1c1cccc(C)c1. The lowest BCUT2D eigenvalue weighted by Gasteiger charge is -2.34. The monoisotopic (exact) mass is 279 g/mol. The Kier molecular flexibility index (Phi) is 4.40. The van der Waals surface area contributed by atoms with Gasteiger partial charge < -0.3 is 5.32 Å². The molecule has 1 nitrogen and oxygen atoms in total. The van der Waals surface area contributed by atoms with E-state index in [-0.39, 0.29) is 0 Å². The van der Waals surface area contributed by atoms with E-state index in [1.54, 1.807) is 5.56 Å². The van der Waals surface area contributed by atoms with Crippen LogP contribution in [0.1, 0.15) is 47.4 Å². The molecule has 21 heavy (non-hydrogen) atoms. The van der Waals surface area contributed by atoms with Crippen LogP contribution in [0.3, 0.4) is 0 Å². The first-order valence-electron chi connectivity index (χ1n) is 8.14. The van der Waals surface area contributed by atoms with Gasteiger partial charge in [-0.3, -0.25) is 0 Å². The molecule has 2 atom stereocenters. The molecule has 0 aliphatic carbocycles. The highest BCUT2D eigenvalue weighted by atomic mass is 14.9. The summed E-state index contributed by atoms with van der Waals surface area (Å²) >= 11 is 0. The third-order valence-electron chi connectivity index (χ3n) is 4.79. The first-order valence-corrected chi connectivity index (χ1v) is 8.14. The van der Waals surface area contributed by atoms with Crippen LogP contribution < -0.4 is 5.32 Å². The van der Waals surface area contributed by atoms with Gasteiger partial charge in [0.15, 0.2) is 0 Å². The summed E-state index contributed by atoms with van der Waals surface area (Å²) in [6.07, 6.45) is 2.36. The highest BCUT2D eigenvalue weighted by molar-refractivity contribution is 5.36. The van der Waals surface area contributed by atoms with Crippen LogP contribution in [0, 0.1) is 6.92 Å². The van der Waals surface area contributed by atoms with Gasteiger partial charge in [-0.05, 0) is 48.9 Å². The second-order valence-corrected chi connectivity index (χ2v) is 6.17. The lowest BCUT2D eigenvalue weighted by molar-refractivity contribution is 0.402. The van der Waals surface area contributed by atoms with Crippen LogP contribution in [-0.4, -0.2) is 13.1 Å². The van der Waals surface area contributed by atoms with Crippen molar-refractivity contribution in [2.75, 3.05) is 13.1 Å². The summed E-state index contributed by atoms with van der Waals surface area (Å²) in [5, 5.41) is 3.59. The Balaban J connectivity index is 1.98. The van der Waals surface area contributed by atoms with Gasteiger partial charge >= 0.3 is 0 Å². The van der Waals surface area contributed by atoms with E-state index < -0.39 is 0 Å². The minimum Gasteiger partial charge on any atom is -0.316 e. The van der Waals surface area contributed by atoms with Crippen molar-refractivity contribution in [2.45, 2.75) is 38.5 Å². The number of hydrogen-bond donors (Lipinski definition) is 1. The van der Waals surface area contributed by atoms with Gasteiger partial charge in [-0.2, -0.15) is 0 Å². The van der Waals surface area contributed by atoms with Crippen LogP contribution in [0.15, 0.2) is 48.5 Å². The molecule has 0 amide bonds. The third-order valence-corrected chi connectivity index (χ3v) is 4.79. The fourth-order valence-corrected chi connectivity index (χ4v) is 3.70. The van der Waals surface area contributed by atoms with Gasteiger partial charge in [-0.1, -0.05) is 61.0 Å². The standard InChI is InChI=1S/C20H25N/c1-3-16-8-4-5-10-18(16)19-11-12-21-14-20(19)17-9-6-7-15(2)13-17/h4-10,13,19-21H,3,11-12,14H2,1-2H3. The first kappa shape index (κ1) is 14.3. The predicted molar refractivity (Wildman–Crippen MR) is 90.0 cm³/mol. The minimum atomic E-state index is 0.589. The molecule has 0 radical (unpaired) electrons. The highest BCUT2D eigenvalue weighted by Crippen LogP contribution is 2.39. The zero-order valence-electron chi connectivity index (χ0n) is 13.1. The van der Waals surface area contributed by atoms with Gasteiger partial charge in [0.2, 0.25) is 0 Å². The molecule has 0 spiro atoms. The van der Waals surface area contributed by atoms with Gasteiger partial charge in [0.05, 0.1) is 0 Å². The van der Waals surface area contributed by atoms with Gasteiger partial charge in [-0.25, -0.2) is 0 Å². The average molecular weight is 279 g/mol. The molecule has 2 unspecified atom stereocenters. The Morgan fingerprint density at radius 2 is 1.90 bits per heavy atom. The lowest BCUT2D eigenvalue weighted by atomic mass is 9.75. The molecule has 2 aromatic rings. The smallest absolute Gasteiger partial charge is 0.00328 e. The Bertz CT molecular complexity index is 602. The Labute approximate surface area is 128 Å². The van der Waals surface area contributed by atoms with Crippen LogP contribution in [0.25, 0.3) is 0 Å². The summed E-state index contributed by atoms with van der Waals surface area (Å²) in [5.41, 5.74) is 5.92. The zero-order valence-corrected chi connectivity index (χ0v) is 13.1. The molecule has 1 fully saturated rings. The third kappa shape index (κ3) is 3.03. The van der Waals surface area contributed by atoms with Crippen molar-refractivity contribution in [1.29, 1.82) is 0 Å². The molecule has 3 rings (SSSR count). The van der Waals surface area contributed by atoms with E-state index in [0.717, 1.165) is 19.5 Å². The molecule has 1 heterocycles. The number of piperidine rings is 1. The minimum absolute atomic E-state index is 0.589. The summed E-state index contributed by atoms with van der Waals surface area (Å²) in [7, 11) is 0. The van der Waals surface area contributed by atoms with Crippen molar-refractivity contribution in [2.24, 2.45) is 0 Å². The van der Waals surface area contributed by atoms with E-state index in [0.29, 0.717) is 11.8 Å². The fraction of sp³-hybridized carbons (Fsp3) is 0.400. The predicted octanol–water partition coefficient (Wildman–Crippen LogP) is 4.42. The van der Waals surface area contributed by atoms with Crippen LogP contribution in [-0.2, 0) is 6.42 Å². The van der Waals surface area contributed by atoms with Crippen molar-refractivity contribution in [1.82, 2.24) is 5.32 Å². The van der Waals surface area contributed by atoms with Crippen LogP contribution in [0.4, 0.5) is 0 Å². The Hall–Kier alpha value is -1.60. The van der Waals surface area contributed by atoms with E-state index in [2.05, 4.69) is 67.7 Å². The van der Waals surface area contributed by atoms with E-state index in [1.807, 2.05) is 0 Å². The van der Waals surface area contributed by atoms with Crippen molar-refractivity contribution in [3.63, 3.8) is 0 Å². The number of hydrogen-bond acceptors (Lipinski definition) is 1. The largest absolute Gasteiger partial charge is 0.316 e. The molecule has 1 aliphatic rings. The van der Waals surface area contributed by atoms with Gasteiger partial charge in [0.25, 0.3) is 0 Å². The second-order valence-electron chi connectivity index (χ2n) is 6.17. The molecule has 1 saturated heterocycles. The molecule has 1 N–H and O–H groups in total. The van der Waals surface area contributed by atoms with Crippen molar-refractivity contribution >= 4 is 0 Å². The van der Waals surface area contributed by atoms with Gasteiger partial charge in [0, 0.05) is 12.5 Å². The number of benzene rings is 2. The topological polar surface area (TPSA) is 12.0 Å². The van der Waals surface area contributed by atoms with E-state index in [4.69, 9.17) is 0 Å². The molecule has 1 aliphatic heterocycles. The van der Waals surface area contributed by atoms with Crippen molar-refractivity contribution < 1.29 is 0 Å². The summed E-state index contributed by atoms with van der Waals surface area (Å²) in [6, 6.07) is 18.1.